The highest BCUT2D eigenvalue weighted by molar-refractivity contribution is 6.31. The van der Waals surface area contributed by atoms with Crippen LogP contribution in [0.5, 0.6) is 0 Å². The molecule has 3 heterocycles. The van der Waals surface area contributed by atoms with Crippen molar-refractivity contribution in [2.45, 2.75) is 37.8 Å². The van der Waals surface area contributed by atoms with Gasteiger partial charge in [0.25, 0.3) is 0 Å². The van der Waals surface area contributed by atoms with Gasteiger partial charge in [0, 0.05) is 40.4 Å². The quantitative estimate of drug-likeness (QED) is 0.628. The molecule has 6 heteroatoms. The van der Waals surface area contributed by atoms with Crippen molar-refractivity contribution in [3.63, 3.8) is 0 Å². The van der Waals surface area contributed by atoms with Crippen molar-refractivity contribution < 1.29 is 9.18 Å². The molecule has 1 fully saturated rings. The zero-order chi connectivity index (χ0) is 20.0. The molecule has 2 aromatic carbocycles. The van der Waals surface area contributed by atoms with Gasteiger partial charge in [-0.3, -0.25) is 4.79 Å². The molecule has 29 heavy (non-hydrogen) atoms. The number of carbonyl (C=O) groups excluding carboxylic acids is 1. The maximum Gasteiger partial charge on any atom is 0.227 e. The van der Waals surface area contributed by atoms with Crippen LogP contribution >= 0.6 is 11.6 Å². The minimum Gasteiger partial charge on any atom is -0.332 e. The Morgan fingerprint density at radius 2 is 1.97 bits per heavy atom. The molecule has 2 bridgehead atoms. The molecular formula is C23H19ClFN3O. The maximum atomic E-state index is 14.2. The van der Waals surface area contributed by atoms with Gasteiger partial charge in [0.2, 0.25) is 5.91 Å². The normalized spacial score (nSPS) is 19.9. The van der Waals surface area contributed by atoms with Crippen LogP contribution in [-0.4, -0.2) is 26.8 Å². The predicted molar refractivity (Wildman–Crippen MR) is 109 cm³/mol. The topological polar surface area (TPSA) is 46.1 Å². The van der Waals surface area contributed by atoms with E-state index in [4.69, 9.17) is 16.6 Å². The number of nitrogens with zero attached hydrogens (tertiary/aromatic N) is 3. The Bertz CT molecular complexity index is 1070. The van der Waals surface area contributed by atoms with E-state index >= 15 is 0 Å². The number of hydrogen-bond acceptors (Lipinski definition) is 3. The fourth-order valence-electron chi connectivity index (χ4n) is 4.53. The van der Waals surface area contributed by atoms with Gasteiger partial charge in [-0.25, -0.2) is 14.4 Å². The summed E-state index contributed by atoms with van der Waals surface area (Å²) in [5, 5.41) is 0.291. The third-order valence-corrected chi connectivity index (χ3v) is 6.25. The van der Waals surface area contributed by atoms with E-state index in [-0.39, 0.29) is 30.0 Å². The van der Waals surface area contributed by atoms with Gasteiger partial charge in [0.15, 0.2) is 5.82 Å². The van der Waals surface area contributed by atoms with Gasteiger partial charge in [0.05, 0.1) is 18.2 Å². The SMILES string of the molecule is O=C(Cc1c(F)cccc1Cl)N1[C@H]2CC[C@@H]1c1cnc(-c3ccccc3)nc1C2. The van der Waals surface area contributed by atoms with E-state index in [1.165, 1.54) is 6.07 Å². The van der Waals surface area contributed by atoms with Crippen molar-refractivity contribution in [2.24, 2.45) is 0 Å². The summed E-state index contributed by atoms with van der Waals surface area (Å²) in [5.41, 5.74) is 3.26. The summed E-state index contributed by atoms with van der Waals surface area (Å²) in [4.78, 5) is 24.3. The summed E-state index contributed by atoms with van der Waals surface area (Å²) in [6.07, 6.45) is 4.32. The molecule has 5 rings (SSSR count). The Morgan fingerprint density at radius 3 is 2.76 bits per heavy atom. The van der Waals surface area contributed by atoms with Gasteiger partial charge in [-0.05, 0) is 25.0 Å². The number of fused-ring (bicyclic) bond motifs is 4. The van der Waals surface area contributed by atoms with Crippen molar-refractivity contribution in [3.05, 3.63) is 82.4 Å². The van der Waals surface area contributed by atoms with Gasteiger partial charge in [0.1, 0.15) is 5.82 Å². The first-order valence-corrected chi connectivity index (χ1v) is 10.1. The summed E-state index contributed by atoms with van der Waals surface area (Å²) < 4.78 is 14.2. The van der Waals surface area contributed by atoms with Crippen molar-refractivity contribution in [1.29, 1.82) is 0 Å². The van der Waals surface area contributed by atoms with E-state index in [2.05, 4.69) is 4.98 Å². The molecular weight excluding hydrogens is 389 g/mol. The first-order valence-electron chi connectivity index (χ1n) is 9.77. The van der Waals surface area contributed by atoms with Crippen LogP contribution in [0.3, 0.4) is 0 Å². The number of carbonyl (C=O) groups is 1. The lowest BCUT2D eigenvalue weighted by Crippen LogP contribution is -2.43. The molecule has 2 aliphatic rings. The molecule has 0 N–H and O–H groups in total. The van der Waals surface area contributed by atoms with Crippen LogP contribution in [0.25, 0.3) is 11.4 Å². The second-order valence-corrected chi connectivity index (χ2v) is 8.00. The van der Waals surface area contributed by atoms with Crippen molar-refractivity contribution in [3.8, 4) is 11.4 Å². The number of aromatic nitrogens is 2. The summed E-state index contributed by atoms with van der Waals surface area (Å²) >= 11 is 6.13. The average Bonchev–Trinajstić information content (AvgIpc) is 3.06. The zero-order valence-electron chi connectivity index (χ0n) is 15.7. The molecule has 3 aromatic rings. The molecule has 1 amide bonds. The van der Waals surface area contributed by atoms with Crippen LogP contribution in [0, 0.1) is 5.82 Å². The monoisotopic (exact) mass is 407 g/mol. The molecule has 146 valence electrons. The number of halogens is 2. The second-order valence-electron chi connectivity index (χ2n) is 7.59. The average molecular weight is 408 g/mol. The fraction of sp³-hybridized carbons (Fsp3) is 0.261. The molecule has 0 unspecified atom stereocenters. The van der Waals surface area contributed by atoms with Gasteiger partial charge in [-0.2, -0.15) is 0 Å². The van der Waals surface area contributed by atoms with Crippen LogP contribution in [-0.2, 0) is 17.6 Å². The zero-order valence-corrected chi connectivity index (χ0v) is 16.4. The Labute approximate surface area is 173 Å². The summed E-state index contributed by atoms with van der Waals surface area (Å²) in [7, 11) is 0. The number of benzene rings is 2. The lowest BCUT2D eigenvalue weighted by Gasteiger charge is -2.36. The van der Waals surface area contributed by atoms with Crippen LogP contribution in [0.4, 0.5) is 4.39 Å². The Hall–Kier alpha value is -2.79. The Balaban J connectivity index is 1.44. The summed E-state index contributed by atoms with van der Waals surface area (Å²) in [6.45, 7) is 0. The Kier molecular flexibility index (Phi) is 4.55. The van der Waals surface area contributed by atoms with E-state index in [0.717, 1.165) is 29.7 Å². The standard InChI is InChI=1S/C23H19ClFN3O/c24-18-7-4-8-19(25)16(18)12-22(29)28-15-9-10-21(28)17-13-26-23(27-20(17)11-15)14-5-2-1-3-6-14/h1-8,13,15,21H,9-12H2/t15-,21+/m0/s1. The van der Waals surface area contributed by atoms with Crippen LogP contribution in [0.2, 0.25) is 5.02 Å². The van der Waals surface area contributed by atoms with E-state index in [1.807, 2.05) is 41.4 Å². The third kappa shape index (κ3) is 3.19. The second kappa shape index (κ2) is 7.23. The first kappa shape index (κ1) is 18.3. The Morgan fingerprint density at radius 1 is 1.14 bits per heavy atom. The molecule has 4 nitrogen and oxygen atoms in total. The lowest BCUT2D eigenvalue weighted by atomic mass is 9.97. The number of rotatable bonds is 3. The number of amides is 1. The van der Waals surface area contributed by atoms with Crippen LogP contribution < -0.4 is 0 Å². The molecule has 0 radical (unpaired) electrons. The summed E-state index contributed by atoms with van der Waals surface area (Å²) in [5.74, 6) is 0.176. The van der Waals surface area contributed by atoms with Crippen molar-refractivity contribution >= 4 is 17.5 Å². The third-order valence-electron chi connectivity index (χ3n) is 5.90. The molecule has 0 aliphatic carbocycles. The highest BCUT2D eigenvalue weighted by Crippen LogP contribution is 2.43. The highest BCUT2D eigenvalue weighted by Gasteiger charge is 2.43. The van der Waals surface area contributed by atoms with E-state index in [9.17, 15) is 9.18 Å². The van der Waals surface area contributed by atoms with Gasteiger partial charge in [-0.15, -0.1) is 0 Å². The van der Waals surface area contributed by atoms with E-state index in [1.54, 1.807) is 12.1 Å². The van der Waals surface area contributed by atoms with E-state index in [0.29, 0.717) is 17.3 Å². The fourth-order valence-corrected chi connectivity index (χ4v) is 4.76. The van der Waals surface area contributed by atoms with Gasteiger partial charge in [-0.1, -0.05) is 48.0 Å². The molecule has 1 saturated heterocycles. The number of hydrogen-bond donors (Lipinski definition) is 0. The lowest BCUT2D eigenvalue weighted by molar-refractivity contribution is -0.134. The maximum absolute atomic E-state index is 14.2. The molecule has 0 spiro atoms. The van der Waals surface area contributed by atoms with Crippen molar-refractivity contribution in [1.82, 2.24) is 14.9 Å². The molecule has 0 saturated carbocycles. The largest absolute Gasteiger partial charge is 0.332 e. The van der Waals surface area contributed by atoms with Crippen molar-refractivity contribution in [2.75, 3.05) is 0 Å². The minimum absolute atomic E-state index is 0.0310. The van der Waals surface area contributed by atoms with E-state index < -0.39 is 5.82 Å². The minimum atomic E-state index is -0.438. The van der Waals surface area contributed by atoms with Gasteiger partial charge < -0.3 is 4.90 Å². The van der Waals surface area contributed by atoms with Crippen LogP contribution in [0.15, 0.2) is 54.7 Å². The van der Waals surface area contributed by atoms with Gasteiger partial charge >= 0.3 is 0 Å². The molecule has 2 aliphatic heterocycles. The highest BCUT2D eigenvalue weighted by atomic mass is 35.5. The van der Waals surface area contributed by atoms with Crippen LogP contribution in [0.1, 0.15) is 35.7 Å². The summed E-state index contributed by atoms with van der Waals surface area (Å²) in [6, 6.07) is 14.4. The molecule has 1 aromatic heterocycles. The smallest absolute Gasteiger partial charge is 0.227 e. The molecule has 2 atom stereocenters. The first-order chi connectivity index (χ1) is 14.1. The predicted octanol–water partition coefficient (Wildman–Crippen LogP) is 4.77.